The quantitative estimate of drug-likeness (QED) is 0.460. The van der Waals surface area contributed by atoms with Crippen LogP contribution in [0.1, 0.15) is 72.4 Å². The summed E-state index contributed by atoms with van der Waals surface area (Å²) < 4.78 is 1.93. The van der Waals surface area contributed by atoms with E-state index in [0.29, 0.717) is 30.9 Å². The van der Waals surface area contributed by atoms with E-state index in [1.54, 1.807) is 11.1 Å². The van der Waals surface area contributed by atoms with Gasteiger partial charge >= 0.3 is 0 Å². The maximum atomic E-state index is 12.9. The maximum absolute atomic E-state index is 12.9. The van der Waals surface area contributed by atoms with Crippen LogP contribution in [0.15, 0.2) is 29.8 Å². The van der Waals surface area contributed by atoms with Gasteiger partial charge in [-0.05, 0) is 69.7 Å². The lowest BCUT2D eigenvalue weighted by molar-refractivity contribution is 0.0937. The molecule has 1 fully saturated rings. The average molecular weight is 479 g/mol. The number of nitrogens with zero attached hydrogens (tertiary/aromatic N) is 5. The fourth-order valence-electron chi connectivity index (χ4n) is 5.68. The molecular formula is C26H34N6OS. The molecule has 0 radical (unpaired) electrons. The zero-order chi connectivity index (χ0) is 23.5. The van der Waals surface area contributed by atoms with Crippen molar-refractivity contribution in [2.75, 3.05) is 19.6 Å². The molecule has 8 heteroatoms. The highest BCUT2D eigenvalue weighted by molar-refractivity contribution is 7.13. The van der Waals surface area contributed by atoms with Crippen molar-refractivity contribution in [3.05, 3.63) is 52.4 Å². The van der Waals surface area contributed by atoms with Crippen LogP contribution >= 0.6 is 11.3 Å². The van der Waals surface area contributed by atoms with Crippen molar-refractivity contribution in [3.63, 3.8) is 0 Å². The number of carbonyl (C=O) groups is 1. The number of unbranched alkanes of at least 4 members (excludes halogenated alkanes) is 1. The molecule has 1 aromatic carbocycles. The van der Waals surface area contributed by atoms with Crippen LogP contribution in [0.4, 0.5) is 0 Å². The lowest BCUT2D eigenvalue weighted by Gasteiger charge is -2.33. The Balaban J connectivity index is 1.12. The number of carbonyl (C=O) groups excluding carboxylic acids is 1. The Morgan fingerprint density at radius 1 is 1.18 bits per heavy atom. The normalized spacial score (nSPS) is 19.7. The zero-order valence-corrected chi connectivity index (χ0v) is 21.0. The average Bonchev–Trinajstić information content (AvgIpc) is 3.57. The lowest BCUT2D eigenvalue weighted by atomic mass is 9.79. The largest absolute Gasteiger partial charge is 0.349 e. The molecule has 5 rings (SSSR count). The van der Waals surface area contributed by atoms with Gasteiger partial charge in [-0.15, -0.1) is 21.5 Å². The summed E-state index contributed by atoms with van der Waals surface area (Å²) in [5, 5.41) is 11.6. The first-order valence-electron chi connectivity index (χ1n) is 12.6. The molecule has 2 atom stereocenters. The summed E-state index contributed by atoms with van der Waals surface area (Å²) >= 11 is 1.54. The number of hydrogen-bond acceptors (Lipinski definition) is 6. The van der Waals surface area contributed by atoms with Gasteiger partial charge in [0.1, 0.15) is 0 Å². The number of likely N-dealkylation sites (tertiary alicyclic amines) is 1. The fourth-order valence-corrected chi connectivity index (χ4v) is 6.48. The van der Waals surface area contributed by atoms with Crippen molar-refractivity contribution < 1.29 is 4.79 Å². The van der Waals surface area contributed by atoms with Gasteiger partial charge in [0, 0.05) is 25.0 Å². The van der Waals surface area contributed by atoms with Gasteiger partial charge in [-0.25, -0.2) is 4.98 Å². The second-order valence-corrected chi connectivity index (χ2v) is 10.3. The molecule has 2 aliphatic rings. The van der Waals surface area contributed by atoms with Gasteiger partial charge < -0.3 is 9.88 Å². The lowest BCUT2D eigenvalue weighted by Crippen LogP contribution is -2.36. The van der Waals surface area contributed by atoms with Crippen molar-refractivity contribution in [2.45, 2.75) is 70.9 Å². The number of rotatable bonds is 9. The molecule has 1 aliphatic heterocycles. The van der Waals surface area contributed by atoms with Gasteiger partial charge in [0.2, 0.25) is 5.82 Å². The molecule has 3 heterocycles. The summed E-state index contributed by atoms with van der Waals surface area (Å²) in [5.74, 6) is 1.70. The number of nitrogens with one attached hydrogen (secondary N) is 1. The van der Waals surface area contributed by atoms with Gasteiger partial charge in [-0.1, -0.05) is 31.2 Å². The van der Waals surface area contributed by atoms with Gasteiger partial charge in [-0.3, -0.25) is 9.69 Å². The predicted molar refractivity (Wildman–Crippen MR) is 135 cm³/mol. The van der Waals surface area contributed by atoms with Crippen molar-refractivity contribution >= 4 is 17.2 Å². The van der Waals surface area contributed by atoms with Crippen molar-refractivity contribution in [3.8, 4) is 10.7 Å². The van der Waals surface area contributed by atoms with Crippen molar-refractivity contribution in [2.24, 2.45) is 0 Å². The molecule has 1 N–H and O–H groups in total. The van der Waals surface area contributed by atoms with E-state index in [-0.39, 0.29) is 5.91 Å². The Morgan fingerprint density at radius 2 is 2.06 bits per heavy atom. The predicted octanol–water partition coefficient (Wildman–Crippen LogP) is 4.43. The van der Waals surface area contributed by atoms with Crippen LogP contribution in [0, 0.1) is 6.92 Å². The molecule has 7 nitrogen and oxygen atoms in total. The van der Waals surface area contributed by atoms with E-state index in [1.165, 1.54) is 37.1 Å². The summed E-state index contributed by atoms with van der Waals surface area (Å²) in [5.41, 5.74) is 5.87. The molecule has 180 valence electrons. The van der Waals surface area contributed by atoms with Crippen molar-refractivity contribution in [1.29, 1.82) is 0 Å². The van der Waals surface area contributed by atoms with Crippen LogP contribution in [0.5, 0.6) is 0 Å². The Bertz CT molecular complexity index is 1140. The SMILES string of the molecule is CCCn1c(C(=O)NCCCCN2CCC3c4ccccc4CCC32)nnc1-c1scnc1C. The minimum atomic E-state index is -0.139. The highest BCUT2D eigenvalue weighted by Gasteiger charge is 2.37. The van der Waals surface area contributed by atoms with E-state index in [2.05, 4.69) is 56.6 Å². The van der Waals surface area contributed by atoms with Crippen LogP contribution in [0.25, 0.3) is 10.7 Å². The van der Waals surface area contributed by atoms with E-state index in [4.69, 9.17) is 0 Å². The fraction of sp³-hybridized carbons (Fsp3) is 0.538. The van der Waals surface area contributed by atoms with E-state index in [9.17, 15) is 4.79 Å². The molecule has 2 aromatic heterocycles. The first-order valence-corrected chi connectivity index (χ1v) is 13.5. The van der Waals surface area contributed by atoms with Gasteiger partial charge in [0.05, 0.1) is 16.1 Å². The number of aromatic nitrogens is 4. The first-order chi connectivity index (χ1) is 16.7. The van der Waals surface area contributed by atoms with Crippen LogP contribution in [0.3, 0.4) is 0 Å². The summed E-state index contributed by atoms with van der Waals surface area (Å²) in [6.45, 7) is 7.74. The van der Waals surface area contributed by atoms with Crippen LogP contribution in [-0.4, -0.2) is 56.2 Å². The highest BCUT2D eigenvalue weighted by atomic mass is 32.1. The number of benzene rings is 1. The first kappa shape index (κ1) is 23.2. The summed E-state index contributed by atoms with van der Waals surface area (Å²) in [6.07, 6.45) is 6.72. The molecule has 1 aliphatic carbocycles. The topological polar surface area (TPSA) is 75.9 Å². The van der Waals surface area contributed by atoms with E-state index >= 15 is 0 Å². The minimum Gasteiger partial charge on any atom is -0.349 e. The molecule has 1 saturated heterocycles. The number of thiazole rings is 1. The Labute approximate surface area is 205 Å². The Hall–Kier alpha value is -2.58. The molecule has 2 unspecified atom stereocenters. The number of amides is 1. The third-order valence-electron chi connectivity index (χ3n) is 7.33. The molecule has 0 saturated carbocycles. The third kappa shape index (κ3) is 4.53. The molecule has 1 amide bonds. The molecule has 3 aromatic rings. The second-order valence-electron chi connectivity index (χ2n) is 9.46. The monoisotopic (exact) mass is 478 g/mol. The number of aryl methyl sites for hydroxylation is 2. The molecular weight excluding hydrogens is 444 g/mol. The maximum Gasteiger partial charge on any atom is 0.289 e. The standard InChI is InChI=1S/C26H34N6OS/c1-3-14-32-24(23-18(2)28-17-34-23)29-30-25(32)26(33)27-13-6-7-15-31-16-12-21-20-9-5-4-8-19(20)10-11-22(21)31/h4-5,8-9,17,21-22H,3,6-7,10-16H2,1-2H3,(H,27,33). The van der Waals surface area contributed by atoms with Crippen LogP contribution < -0.4 is 5.32 Å². The van der Waals surface area contributed by atoms with Gasteiger partial charge in [0.25, 0.3) is 5.91 Å². The number of fused-ring (bicyclic) bond motifs is 3. The molecule has 0 bridgehead atoms. The van der Waals surface area contributed by atoms with Crippen LogP contribution in [-0.2, 0) is 13.0 Å². The Kier molecular flexibility index (Phi) is 7.06. The third-order valence-corrected chi connectivity index (χ3v) is 8.26. The number of hydrogen-bond donors (Lipinski definition) is 1. The molecule has 34 heavy (non-hydrogen) atoms. The smallest absolute Gasteiger partial charge is 0.289 e. The summed E-state index contributed by atoms with van der Waals surface area (Å²) in [4.78, 5) is 20.9. The zero-order valence-electron chi connectivity index (χ0n) is 20.2. The second kappa shape index (κ2) is 10.4. The van der Waals surface area contributed by atoms with E-state index in [1.807, 2.05) is 17.0 Å². The highest BCUT2D eigenvalue weighted by Crippen LogP contribution is 2.41. The van der Waals surface area contributed by atoms with Crippen molar-refractivity contribution in [1.82, 2.24) is 30.0 Å². The Morgan fingerprint density at radius 3 is 2.88 bits per heavy atom. The van der Waals surface area contributed by atoms with E-state index < -0.39 is 0 Å². The molecule has 0 spiro atoms. The summed E-state index contributed by atoms with van der Waals surface area (Å²) in [7, 11) is 0. The van der Waals surface area contributed by atoms with Gasteiger partial charge in [0.15, 0.2) is 5.82 Å². The minimum absolute atomic E-state index is 0.139. The van der Waals surface area contributed by atoms with E-state index in [0.717, 1.165) is 42.2 Å². The summed E-state index contributed by atoms with van der Waals surface area (Å²) in [6, 6.07) is 9.69. The van der Waals surface area contributed by atoms with Gasteiger partial charge in [-0.2, -0.15) is 0 Å². The van der Waals surface area contributed by atoms with Crippen LogP contribution in [0.2, 0.25) is 0 Å².